The molecule has 106 valence electrons. The molecule has 0 saturated carbocycles. The molecule has 0 radical (unpaired) electrons. The van der Waals surface area contributed by atoms with Crippen molar-refractivity contribution in [2.24, 2.45) is 0 Å². The molecule has 0 spiro atoms. The third-order valence-electron chi connectivity index (χ3n) is 3.23. The fourth-order valence-corrected chi connectivity index (χ4v) is 2.23. The number of halogens is 1. The first-order valence-electron chi connectivity index (χ1n) is 6.54. The number of rotatable bonds is 6. The topological polar surface area (TPSA) is 59.6 Å². The maximum Gasteiger partial charge on any atom is 0.222 e. The smallest absolute Gasteiger partial charge is 0.222 e. The van der Waals surface area contributed by atoms with Crippen LogP contribution >= 0.6 is 12.4 Å². The molecule has 2 unspecified atom stereocenters. The number of nitrogens with one attached hydrogen (secondary N) is 2. The van der Waals surface area contributed by atoms with E-state index in [0.717, 1.165) is 39.0 Å². The Morgan fingerprint density at radius 2 is 2.33 bits per heavy atom. The minimum Gasteiger partial charge on any atom is -0.378 e. The van der Waals surface area contributed by atoms with Gasteiger partial charge in [-0.25, -0.2) is 0 Å². The molecule has 2 fully saturated rings. The summed E-state index contributed by atoms with van der Waals surface area (Å²) < 4.78 is 10.9. The lowest BCUT2D eigenvalue weighted by Gasteiger charge is -2.12. The maximum atomic E-state index is 11.5. The van der Waals surface area contributed by atoms with Crippen LogP contribution in [0.1, 0.15) is 25.7 Å². The van der Waals surface area contributed by atoms with Crippen LogP contribution < -0.4 is 10.6 Å². The molecule has 2 aliphatic heterocycles. The van der Waals surface area contributed by atoms with Crippen molar-refractivity contribution in [3.8, 4) is 0 Å². The van der Waals surface area contributed by atoms with Crippen LogP contribution in [0, 0.1) is 0 Å². The van der Waals surface area contributed by atoms with E-state index >= 15 is 0 Å². The van der Waals surface area contributed by atoms with E-state index in [9.17, 15) is 4.79 Å². The molecule has 5 nitrogen and oxygen atoms in total. The number of ether oxygens (including phenoxy) is 2. The van der Waals surface area contributed by atoms with Gasteiger partial charge in [0.1, 0.15) is 0 Å². The second-order valence-electron chi connectivity index (χ2n) is 4.72. The lowest BCUT2D eigenvalue weighted by atomic mass is 10.2. The van der Waals surface area contributed by atoms with Gasteiger partial charge < -0.3 is 20.1 Å². The highest BCUT2D eigenvalue weighted by atomic mass is 35.5. The average molecular weight is 279 g/mol. The number of hydrogen-bond donors (Lipinski definition) is 2. The molecular formula is C12H23ClN2O3. The summed E-state index contributed by atoms with van der Waals surface area (Å²) in [6.45, 7) is 3.86. The van der Waals surface area contributed by atoms with Crippen LogP contribution in [0.4, 0.5) is 0 Å². The Morgan fingerprint density at radius 3 is 3.00 bits per heavy atom. The molecule has 0 aromatic heterocycles. The van der Waals surface area contributed by atoms with Gasteiger partial charge in [0.25, 0.3) is 0 Å². The lowest BCUT2D eigenvalue weighted by Crippen LogP contribution is -2.36. The van der Waals surface area contributed by atoms with E-state index in [1.807, 2.05) is 0 Å². The highest BCUT2D eigenvalue weighted by Gasteiger charge is 2.17. The number of carbonyl (C=O) groups excluding carboxylic acids is 1. The highest BCUT2D eigenvalue weighted by molar-refractivity contribution is 5.85. The summed E-state index contributed by atoms with van der Waals surface area (Å²) in [7, 11) is 0. The minimum atomic E-state index is 0. The Morgan fingerprint density at radius 1 is 1.44 bits per heavy atom. The van der Waals surface area contributed by atoms with Crippen LogP contribution in [0.25, 0.3) is 0 Å². The quantitative estimate of drug-likeness (QED) is 0.694. The SMILES string of the molecule is Cl.O=C(CCOCC1CCCO1)NC1CCNC1. The van der Waals surface area contributed by atoms with Crippen molar-refractivity contribution >= 4 is 18.3 Å². The van der Waals surface area contributed by atoms with Crippen LogP contribution in [-0.4, -0.2) is 51.0 Å². The summed E-state index contributed by atoms with van der Waals surface area (Å²) in [6, 6.07) is 0.306. The van der Waals surface area contributed by atoms with Crippen molar-refractivity contribution in [2.45, 2.75) is 37.8 Å². The standard InChI is InChI=1S/C12H22N2O3.ClH/c15-12(14-10-3-5-13-8-10)4-7-16-9-11-2-1-6-17-11;/h10-11,13H,1-9H2,(H,14,15);1H. The molecule has 2 rings (SSSR count). The summed E-state index contributed by atoms with van der Waals surface area (Å²) in [5.41, 5.74) is 0. The zero-order chi connectivity index (χ0) is 11.9. The van der Waals surface area contributed by atoms with Gasteiger partial charge in [0.2, 0.25) is 5.91 Å². The first kappa shape index (κ1) is 15.7. The van der Waals surface area contributed by atoms with Gasteiger partial charge in [-0.15, -0.1) is 12.4 Å². The van der Waals surface area contributed by atoms with Crippen LogP contribution in [0.5, 0.6) is 0 Å². The number of hydrogen-bond acceptors (Lipinski definition) is 4. The van der Waals surface area contributed by atoms with E-state index in [-0.39, 0.29) is 24.4 Å². The molecule has 2 saturated heterocycles. The van der Waals surface area contributed by atoms with Crippen LogP contribution in [-0.2, 0) is 14.3 Å². The molecule has 0 aromatic carbocycles. The monoisotopic (exact) mass is 278 g/mol. The van der Waals surface area contributed by atoms with Crippen LogP contribution in [0.3, 0.4) is 0 Å². The first-order chi connectivity index (χ1) is 8.34. The molecular weight excluding hydrogens is 256 g/mol. The third kappa shape index (κ3) is 5.52. The van der Waals surface area contributed by atoms with Crippen molar-refractivity contribution in [1.82, 2.24) is 10.6 Å². The summed E-state index contributed by atoms with van der Waals surface area (Å²) in [5.74, 6) is 0.0889. The Kier molecular flexibility index (Phi) is 7.58. The highest BCUT2D eigenvalue weighted by Crippen LogP contribution is 2.11. The summed E-state index contributed by atoms with van der Waals surface area (Å²) in [5, 5.41) is 6.21. The summed E-state index contributed by atoms with van der Waals surface area (Å²) in [4.78, 5) is 11.5. The van der Waals surface area contributed by atoms with E-state index in [2.05, 4.69) is 10.6 Å². The predicted molar refractivity (Wildman–Crippen MR) is 71.1 cm³/mol. The molecule has 0 aromatic rings. The fraction of sp³-hybridized carbons (Fsp3) is 0.917. The molecule has 18 heavy (non-hydrogen) atoms. The Balaban J connectivity index is 0.00000162. The normalized spacial score (nSPS) is 26.9. The van der Waals surface area contributed by atoms with Crippen molar-refractivity contribution in [1.29, 1.82) is 0 Å². The van der Waals surface area contributed by atoms with Crippen LogP contribution in [0.2, 0.25) is 0 Å². The van der Waals surface area contributed by atoms with Gasteiger partial charge in [-0.1, -0.05) is 0 Å². The largest absolute Gasteiger partial charge is 0.378 e. The first-order valence-corrected chi connectivity index (χ1v) is 6.54. The van der Waals surface area contributed by atoms with Crippen LogP contribution in [0.15, 0.2) is 0 Å². The molecule has 2 aliphatic rings. The lowest BCUT2D eigenvalue weighted by molar-refractivity contribution is -0.123. The van der Waals surface area contributed by atoms with Gasteiger partial charge in [-0.05, 0) is 25.8 Å². The number of carbonyl (C=O) groups is 1. The van der Waals surface area contributed by atoms with E-state index in [4.69, 9.17) is 9.47 Å². The summed E-state index contributed by atoms with van der Waals surface area (Å²) in [6.07, 6.45) is 3.94. The molecule has 2 N–H and O–H groups in total. The Labute approximate surface area is 114 Å². The number of amides is 1. The zero-order valence-electron chi connectivity index (χ0n) is 10.7. The summed E-state index contributed by atoms with van der Waals surface area (Å²) >= 11 is 0. The third-order valence-corrected chi connectivity index (χ3v) is 3.23. The van der Waals surface area contributed by atoms with Gasteiger partial charge in [0, 0.05) is 25.6 Å². The zero-order valence-corrected chi connectivity index (χ0v) is 11.5. The minimum absolute atomic E-state index is 0. The van der Waals surface area contributed by atoms with E-state index in [0.29, 0.717) is 25.7 Å². The van der Waals surface area contributed by atoms with Crippen molar-refractivity contribution in [3.05, 3.63) is 0 Å². The van der Waals surface area contributed by atoms with Gasteiger partial charge >= 0.3 is 0 Å². The Hall–Kier alpha value is -0.360. The maximum absolute atomic E-state index is 11.5. The molecule has 2 heterocycles. The predicted octanol–water partition coefficient (Wildman–Crippen LogP) is 0.472. The molecule has 2 atom stereocenters. The average Bonchev–Trinajstić information content (AvgIpc) is 2.96. The van der Waals surface area contributed by atoms with Gasteiger partial charge in [-0.2, -0.15) is 0 Å². The molecule has 1 amide bonds. The van der Waals surface area contributed by atoms with E-state index in [1.165, 1.54) is 0 Å². The Bertz CT molecular complexity index is 241. The van der Waals surface area contributed by atoms with E-state index in [1.54, 1.807) is 0 Å². The molecule has 0 bridgehead atoms. The van der Waals surface area contributed by atoms with Crippen molar-refractivity contribution < 1.29 is 14.3 Å². The second kappa shape index (κ2) is 8.69. The van der Waals surface area contributed by atoms with Gasteiger partial charge in [0.15, 0.2) is 0 Å². The second-order valence-corrected chi connectivity index (χ2v) is 4.72. The van der Waals surface area contributed by atoms with Crippen molar-refractivity contribution in [3.63, 3.8) is 0 Å². The van der Waals surface area contributed by atoms with Gasteiger partial charge in [0.05, 0.1) is 19.3 Å². The fourth-order valence-electron chi connectivity index (χ4n) is 2.23. The molecule has 0 aliphatic carbocycles. The van der Waals surface area contributed by atoms with Crippen molar-refractivity contribution in [2.75, 3.05) is 32.9 Å². The molecule has 6 heteroatoms. The van der Waals surface area contributed by atoms with Gasteiger partial charge in [-0.3, -0.25) is 4.79 Å². The van der Waals surface area contributed by atoms with E-state index < -0.39 is 0 Å².